The van der Waals surface area contributed by atoms with E-state index in [4.69, 9.17) is 5.11 Å². The molecule has 0 radical (unpaired) electrons. The first-order chi connectivity index (χ1) is 8.88. The topological polar surface area (TPSA) is 70.5 Å². The highest BCUT2D eigenvalue weighted by Crippen LogP contribution is 2.15. The van der Waals surface area contributed by atoms with Crippen LogP contribution in [-0.4, -0.2) is 39.5 Å². The second kappa shape index (κ2) is 6.21. The molecule has 0 bridgehead atoms. The number of nitrogens with zero attached hydrogens (tertiary/aromatic N) is 2. The number of rotatable bonds is 5. The summed E-state index contributed by atoms with van der Waals surface area (Å²) in [7, 11) is 0. The largest absolute Gasteiger partial charge is 0.480 e. The summed E-state index contributed by atoms with van der Waals surface area (Å²) < 4.78 is 26.5. The van der Waals surface area contributed by atoms with E-state index in [9.17, 15) is 18.4 Å². The van der Waals surface area contributed by atoms with Crippen LogP contribution in [0.2, 0.25) is 0 Å². The smallest absolute Gasteiger partial charge is 0.323 e. The Morgan fingerprint density at radius 2 is 2.11 bits per heavy atom. The van der Waals surface area contributed by atoms with Crippen molar-refractivity contribution < 1.29 is 23.5 Å². The monoisotopic (exact) mass is 272 g/mol. The van der Waals surface area contributed by atoms with Gasteiger partial charge in [-0.1, -0.05) is 6.92 Å². The molecule has 0 aliphatic heterocycles. The molecular weight excluding hydrogens is 258 g/mol. The Bertz CT molecular complexity index is 494. The molecule has 1 atom stereocenters. The zero-order valence-electron chi connectivity index (χ0n) is 10.6. The van der Waals surface area contributed by atoms with Crippen molar-refractivity contribution in [2.24, 2.45) is 0 Å². The second-order valence-electron chi connectivity index (χ2n) is 4.05. The normalized spacial score (nSPS) is 12.0. The average Bonchev–Trinajstić information content (AvgIpc) is 2.37. The number of carboxylic acids is 1. The highest BCUT2D eigenvalue weighted by Gasteiger charge is 2.26. The summed E-state index contributed by atoms with van der Waals surface area (Å²) in [6.07, 6.45) is 1.45. The maximum Gasteiger partial charge on any atom is 0.323 e. The molecule has 104 valence electrons. The molecule has 1 aromatic rings. The Morgan fingerprint density at radius 3 is 2.63 bits per heavy atom. The maximum atomic E-state index is 13.5. The Balaban J connectivity index is 3.11. The number of aromatic nitrogens is 1. The van der Waals surface area contributed by atoms with Crippen molar-refractivity contribution in [3.63, 3.8) is 0 Å². The van der Waals surface area contributed by atoms with Crippen molar-refractivity contribution in [2.75, 3.05) is 6.54 Å². The van der Waals surface area contributed by atoms with E-state index in [1.54, 1.807) is 13.8 Å². The third-order valence-corrected chi connectivity index (χ3v) is 2.77. The molecule has 0 spiro atoms. The first-order valence-corrected chi connectivity index (χ1v) is 5.71. The number of hydrogen-bond donors (Lipinski definition) is 1. The minimum atomic E-state index is -1.38. The van der Waals surface area contributed by atoms with Gasteiger partial charge in [0.1, 0.15) is 6.54 Å². The van der Waals surface area contributed by atoms with Gasteiger partial charge in [-0.25, -0.2) is 9.37 Å². The third-order valence-electron chi connectivity index (χ3n) is 2.77. The maximum absolute atomic E-state index is 13.5. The van der Waals surface area contributed by atoms with E-state index in [1.807, 2.05) is 0 Å². The van der Waals surface area contributed by atoms with Crippen LogP contribution < -0.4 is 0 Å². The van der Waals surface area contributed by atoms with Crippen molar-refractivity contribution in [1.29, 1.82) is 0 Å². The van der Waals surface area contributed by atoms with Gasteiger partial charge in [0.15, 0.2) is 5.82 Å². The number of carbonyl (C=O) groups is 2. The molecule has 1 rings (SSSR count). The van der Waals surface area contributed by atoms with Crippen LogP contribution in [0.25, 0.3) is 0 Å². The summed E-state index contributed by atoms with van der Waals surface area (Å²) in [5, 5.41) is 8.77. The molecule has 5 nitrogen and oxygen atoms in total. The van der Waals surface area contributed by atoms with Crippen molar-refractivity contribution >= 4 is 11.9 Å². The van der Waals surface area contributed by atoms with Gasteiger partial charge in [0, 0.05) is 12.2 Å². The van der Waals surface area contributed by atoms with Gasteiger partial charge in [-0.2, -0.15) is 4.39 Å². The predicted octanol–water partition coefficient (Wildman–Crippen LogP) is 1.69. The van der Waals surface area contributed by atoms with Crippen LogP contribution in [0.3, 0.4) is 0 Å². The molecule has 1 heterocycles. The fourth-order valence-electron chi connectivity index (χ4n) is 1.53. The summed E-state index contributed by atoms with van der Waals surface area (Å²) in [5.41, 5.74) is -0.519. The predicted molar refractivity (Wildman–Crippen MR) is 62.6 cm³/mol. The lowest BCUT2D eigenvalue weighted by Crippen LogP contribution is -2.42. The lowest BCUT2D eigenvalue weighted by molar-refractivity contribution is -0.138. The standard InChI is InChI=1S/C12H14F2N2O3/c1-3-7(2)16(6-9(17)18)12(19)8-4-5-15-11(14)10(8)13/h4-5,7H,3,6H2,1-2H3,(H,17,18). The number of halogens is 2. The van der Waals surface area contributed by atoms with E-state index in [0.717, 1.165) is 17.2 Å². The van der Waals surface area contributed by atoms with Gasteiger partial charge in [-0.05, 0) is 19.4 Å². The highest BCUT2D eigenvalue weighted by atomic mass is 19.2. The molecule has 19 heavy (non-hydrogen) atoms. The van der Waals surface area contributed by atoms with Gasteiger partial charge >= 0.3 is 5.97 Å². The fourth-order valence-corrected chi connectivity index (χ4v) is 1.53. The van der Waals surface area contributed by atoms with E-state index < -0.39 is 41.8 Å². The molecule has 1 amide bonds. The first-order valence-electron chi connectivity index (χ1n) is 5.71. The lowest BCUT2D eigenvalue weighted by Gasteiger charge is -2.27. The Hall–Kier alpha value is -2.05. The van der Waals surface area contributed by atoms with E-state index in [0.29, 0.717) is 6.42 Å². The molecule has 0 aliphatic carbocycles. The summed E-state index contributed by atoms with van der Waals surface area (Å²) in [6.45, 7) is 2.82. The van der Waals surface area contributed by atoms with Crippen molar-refractivity contribution in [3.05, 3.63) is 29.6 Å². The van der Waals surface area contributed by atoms with Crippen molar-refractivity contribution in [2.45, 2.75) is 26.3 Å². The molecule has 0 saturated carbocycles. The average molecular weight is 272 g/mol. The van der Waals surface area contributed by atoms with Gasteiger partial charge in [0.25, 0.3) is 5.91 Å². The molecular formula is C12H14F2N2O3. The Kier molecular flexibility index (Phi) is 4.91. The molecule has 0 aliphatic rings. The number of carbonyl (C=O) groups excluding carboxylic acids is 1. The molecule has 1 unspecified atom stereocenters. The number of aliphatic carboxylic acids is 1. The zero-order chi connectivity index (χ0) is 14.6. The lowest BCUT2D eigenvalue weighted by atomic mass is 10.1. The Labute approximate surface area is 108 Å². The van der Waals surface area contributed by atoms with Gasteiger partial charge in [-0.3, -0.25) is 9.59 Å². The van der Waals surface area contributed by atoms with Crippen LogP contribution in [-0.2, 0) is 4.79 Å². The van der Waals surface area contributed by atoms with Crippen molar-refractivity contribution in [3.8, 4) is 0 Å². The van der Waals surface area contributed by atoms with E-state index in [2.05, 4.69) is 4.98 Å². The molecule has 0 aromatic carbocycles. The number of hydrogen-bond acceptors (Lipinski definition) is 3. The molecule has 7 heteroatoms. The number of carboxylic acid groups (broad SMARTS) is 1. The van der Waals surface area contributed by atoms with Gasteiger partial charge in [0.05, 0.1) is 5.56 Å². The molecule has 1 aromatic heterocycles. The zero-order valence-corrected chi connectivity index (χ0v) is 10.6. The number of amides is 1. The third kappa shape index (κ3) is 3.46. The van der Waals surface area contributed by atoms with Crippen LogP contribution in [0.1, 0.15) is 30.6 Å². The summed E-state index contributed by atoms with van der Waals surface area (Å²) >= 11 is 0. The van der Waals surface area contributed by atoms with Crippen LogP contribution in [0, 0.1) is 11.8 Å². The van der Waals surface area contributed by atoms with Gasteiger partial charge < -0.3 is 10.0 Å². The minimum absolute atomic E-state index is 0.403. The summed E-state index contributed by atoms with van der Waals surface area (Å²) in [4.78, 5) is 26.9. The van der Waals surface area contributed by atoms with Crippen LogP contribution in [0.4, 0.5) is 8.78 Å². The SMILES string of the molecule is CCC(C)N(CC(=O)O)C(=O)c1ccnc(F)c1F. The molecule has 1 N–H and O–H groups in total. The highest BCUT2D eigenvalue weighted by molar-refractivity contribution is 5.96. The first kappa shape index (κ1) is 15.0. The summed E-state index contributed by atoms with van der Waals surface area (Å²) in [5.74, 6) is -4.84. The van der Waals surface area contributed by atoms with Gasteiger partial charge in [0.2, 0.25) is 5.95 Å². The van der Waals surface area contributed by atoms with Crippen LogP contribution >= 0.6 is 0 Å². The fraction of sp³-hybridized carbons (Fsp3) is 0.417. The minimum Gasteiger partial charge on any atom is -0.480 e. The Morgan fingerprint density at radius 1 is 1.47 bits per heavy atom. The van der Waals surface area contributed by atoms with E-state index in [-0.39, 0.29) is 0 Å². The van der Waals surface area contributed by atoms with Crippen LogP contribution in [0.15, 0.2) is 12.3 Å². The van der Waals surface area contributed by atoms with E-state index >= 15 is 0 Å². The molecule has 0 saturated heterocycles. The number of pyridine rings is 1. The van der Waals surface area contributed by atoms with Crippen molar-refractivity contribution in [1.82, 2.24) is 9.88 Å². The second-order valence-corrected chi connectivity index (χ2v) is 4.05. The molecule has 0 fully saturated rings. The summed E-state index contributed by atoms with van der Waals surface area (Å²) in [6, 6.07) is 0.622. The van der Waals surface area contributed by atoms with Gasteiger partial charge in [-0.15, -0.1) is 0 Å². The van der Waals surface area contributed by atoms with Crippen LogP contribution in [0.5, 0.6) is 0 Å². The quantitative estimate of drug-likeness (QED) is 0.828. The van der Waals surface area contributed by atoms with E-state index in [1.165, 1.54) is 0 Å².